The molecule has 0 saturated heterocycles. The Hall–Kier alpha value is -3.15. The van der Waals surface area contributed by atoms with E-state index in [-0.39, 0.29) is 18.0 Å². The van der Waals surface area contributed by atoms with Crippen molar-refractivity contribution in [1.82, 2.24) is 5.16 Å². The van der Waals surface area contributed by atoms with E-state index in [0.717, 1.165) is 22.4 Å². The lowest BCUT2D eigenvalue weighted by molar-refractivity contribution is 0.101. The van der Waals surface area contributed by atoms with E-state index < -0.39 is 11.7 Å². The van der Waals surface area contributed by atoms with Crippen LogP contribution >= 0.6 is 0 Å². The van der Waals surface area contributed by atoms with Crippen LogP contribution in [0.25, 0.3) is 0 Å². The Morgan fingerprint density at radius 2 is 1.85 bits per heavy atom. The maximum Gasteiger partial charge on any atom is 0.278 e. The fraction of sp³-hybridized carbons (Fsp3) is 0.238. The molecule has 0 aliphatic heterocycles. The first-order valence-electron chi connectivity index (χ1n) is 8.58. The van der Waals surface area contributed by atoms with Crippen LogP contribution in [0.2, 0.25) is 0 Å². The van der Waals surface area contributed by atoms with Gasteiger partial charge in [-0.3, -0.25) is 4.79 Å². The zero-order valence-corrected chi connectivity index (χ0v) is 15.7. The van der Waals surface area contributed by atoms with Crippen molar-refractivity contribution < 1.29 is 18.4 Å². The van der Waals surface area contributed by atoms with Gasteiger partial charge >= 0.3 is 0 Å². The molecule has 0 aliphatic carbocycles. The summed E-state index contributed by atoms with van der Waals surface area (Å²) in [6.07, 6.45) is 0. The number of halogens is 1. The standard InChI is InChI=1S/C21H21FN2O3/c1-12-8-9-17(22)18(10-12)23-21(25)19-16(15(4)27-24-19)11-26-20-13(2)6-5-7-14(20)3/h5-10H,11H2,1-4H3,(H,23,25). The Kier molecular flexibility index (Phi) is 5.26. The summed E-state index contributed by atoms with van der Waals surface area (Å²) in [5, 5.41) is 6.38. The second-order valence-corrected chi connectivity index (χ2v) is 6.51. The number of carbonyl (C=O) groups is 1. The number of hydrogen-bond donors (Lipinski definition) is 1. The van der Waals surface area contributed by atoms with Gasteiger partial charge in [0.15, 0.2) is 5.69 Å². The molecule has 6 heteroatoms. The largest absolute Gasteiger partial charge is 0.488 e. The number of amides is 1. The van der Waals surface area contributed by atoms with Gasteiger partial charge in [-0.15, -0.1) is 0 Å². The van der Waals surface area contributed by atoms with E-state index in [1.807, 2.05) is 39.0 Å². The highest BCUT2D eigenvalue weighted by Gasteiger charge is 2.22. The third kappa shape index (κ3) is 4.00. The lowest BCUT2D eigenvalue weighted by Crippen LogP contribution is -2.16. The highest BCUT2D eigenvalue weighted by Crippen LogP contribution is 2.25. The van der Waals surface area contributed by atoms with Gasteiger partial charge in [-0.05, 0) is 56.5 Å². The predicted molar refractivity (Wildman–Crippen MR) is 101 cm³/mol. The van der Waals surface area contributed by atoms with Crippen LogP contribution in [0.5, 0.6) is 5.75 Å². The zero-order valence-electron chi connectivity index (χ0n) is 15.7. The average molecular weight is 368 g/mol. The number of nitrogens with one attached hydrogen (secondary N) is 1. The number of carbonyl (C=O) groups excluding carboxylic acids is 1. The third-order valence-corrected chi connectivity index (χ3v) is 4.34. The van der Waals surface area contributed by atoms with Crippen molar-refractivity contribution in [2.24, 2.45) is 0 Å². The van der Waals surface area contributed by atoms with Gasteiger partial charge < -0.3 is 14.6 Å². The number of ether oxygens (including phenoxy) is 1. The highest BCUT2D eigenvalue weighted by molar-refractivity contribution is 6.04. The molecule has 3 rings (SSSR count). The Labute approximate surface area is 157 Å². The Balaban J connectivity index is 1.82. The molecule has 3 aromatic rings. The number of benzene rings is 2. The van der Waals surface area contributed by atoms with E-state index in [1.54, 1.807) is 19.1 Å². The molecule has 1 N–H and O–H groups in total. The Bertz CT molecular complexity index is 975. The van der Waals surface area contributed by atoms with Crippen LogP contribution in [0, 0.1) is 33.5 Å². The van der Waals surface area contributed by atoms with Crippen LogP contribution in [-0.2, 0) is 6.61 Å². The minimum atomic E-state index is -0.545. The first kappa shape index (κ1) is 18.6. The summed E-state index contributed by atoms with van der Waals surface area (Å²) in [5.74, 6) is 0.184. The lowest BCUT2D eigenvalue weighted by atomic mass is 10.1. The van der Waals surface area contributed by atoms with Gasteiger partial charge in [0, 0.05) is 0 Å². The summed E-state index contributed by atoms with van der Waals surface area (Å²) >= 11 is 0. The van der Waals surface area contributed by atoms with E-state index in [4.69, 9.17) is 9.26 Å². The Morgan fingerprint density at radius 1 is 1.15 bits per heavy atom. The number of rotatable bonds is 5. The summed E-state index contributed by atoms with van der Waals surface area (Å²) < 4.78 is 25.0. The van der Waals surface area contributed by atoms with Gasteiger partial charge in [0.2, 0.25) is 0 Å². The van der Waals surface area contributed by atoms with E-state index in [0.29, 0.717) is 11.3 Å². The van der Waals surface area contributed by atoms with Gasteiger partial charge in [-0.2, -0.15) is 0 Å². The molecule has 5 nitrogen and oxygen atoms in total. The van der Waals surface area contributed by atoms with Crippen LogP contribution in [0.15, 0.2) is 40.9 Å². The number of aromatic nitrogens is 1. The molecule has 1 aromatic heterocycles. The molecular weight excluding hydrogens is 347 g/mol. The summed E-state index contributed by atoms with van der Waals surface area (Å²) in [6, 6.07) is 10.4. The van der Waals surface area contributed by atoms with E-state index in [9.17, 15) is 9.18 Å². The van der Waals surface area contributed by atoms with Crippen molar-refractivity contribution in [3.8, 4) is 5.75 Å². The average Bonchev–Trinajstić information content (AvgIpc) is 2.98. The number of aryl methyl sites for hydroxylation is 4. The number of nitrogens with zero attached hydrogens (tertiary/aromatic N) is 1. The normalized spacial score (nSPS) is 10.7. The molecule has 0 bridgehead atoms. The number of para-hydroxylation sites is 1. The summed E-state index contributed by atoms with van der Waals surface area (Å²) in [6.45, 7) is 7.56. The van der Waals surface area contributed by atoms with Gasteiger partial charge in [0.05, 0.1) is 11.3 Å². The smallest absolute Gasteiger partial charge is 0.278 e. The molecule has 0 atom stereocenters. The second kappa shape index (κ2) is 7.61. The maximum atomic E-state index is 13.9. The number of hydrogen-bond acceptors (Lipinski definition) is 4. The van der Waals surface area contributed by atoms with Crippen LogP contribution < -0.4 is 10.1 Å². The summed E-state index contributed by atoms with van der Waals surface area (Å²) in [4.78, 5) is 12.6. The second-order valence-electron chi connectivity index (χ2n) is 6.51. The van der Waals surface area contributed by atoms with Crippen molar-refractivity contribution in [3.63, 3.8) is 0 Å². The Morgan fingerprint density at radius 3 is 2.56 bits per heavy atom. The fourth-order valence-corrected chi connectivity index (χ4v) is 2.83. The van der Waals surface area contributed by atoms with Crippen LogP contribution in [0.1, 0.15) is 38.5 Å². The topological polar surface area (TPSA) is 64.4 Å². The highest BCUT2D eigenvalue weighted by atomic mass is 19.1. The monoisotopic (exact) mass is 368 g/mol. The minimum absolute atomic E-state index is 0.0830. The molecule has 140 valence electrons. The molecule has 27 heavy (non-hydrogen) atoms. The molecule has 0 saturated carbocycles. The maximum absolute atomic E-state index is 13.9. The fourth-order valence-electron chi connectivity index (χ4n) is 2.83. The molecule has 0 unspecified atom stereocenters. The van der Waals surface area contributed by atoms with Gasteiger partial charge in [-0.25, -0.2) is 4.39 Å². The molecule has 2 aromatic carbocycles. The van der Waals surface area contributed by atoms with E-state index in [1.165, 1.54) is 6.07 Å². The van der Waals surface area contributed by atoms with Crippen molar-refractivity contribution in [1.29, 1.82) is 0 Å². The van der Waals surface area contributed by atoms with Crippen molar-refractivity contribution in [3.05, 3.63) is 75.9 Å². The molecule has 0 fully saturated rings. The van der Waals surface area contributed by atoms with Gasteiger partial charge in [-0.1, -0.05) is 29.4 Å². The zero-order chi connectivity index (χ0) is 19.6. The lowest BCUT2D eigenvalue weighted by Gasteiger charge is -2.12. The van der Waals surface area contributed by atoms with E-state index in [2.05, 4.69) is 10.5 Å². The van der Waals surface area contributed by atoms with Crippen LogP contribution in [0.3, 0.4) is 0 Å². The summed E-state index contributed by atoms with van der Waals surface area (Å²) in [7, 11) is 0. The SMILES string of the molecule is Cc1ccc(F)c(NC(=O)c2noc(C)c2COc2c(C)cccc2C)c1. The molecule has 1 heterocycles. The molecule has 0 radical (unpaired) electrons. The van der Waals surface area contributed by atoms with Gasteiger partial charge in [0.25, 0.3) is 5.91 Å². The van der Waals surface area contributed by atoms with Crippen LogP contribution in [0.4, 0.5) is 10.1 Å². The minimum Gasteiger partial charge on any atom is -0.488 e. The van der Waals surface area contributed by atoms with Crippen LogP contribution in [-0.4, -0.2) is 11.1 Å². The molecular formula is C21H21FN2O3. The predicted octanol–water partition coefficient (Wildman–Crippen LogP) is 4.88. The number of anilines is 1. The third-order valence-electron chi connectivity index (χ3n) is 4.34. The van der Waals surface area contributed by atoms with E-state index >= 15 is 0 Å². The summed E-state index contributed by atoms with van der Waals surface area (Å²) in [5.41, 5.74) is 3.54. The van der Waals surface area contributed by atoms with Crippen molar-refractivity contribution in [2.75, 3.05) is 5.32 Å². The quantitative estimate of drug-likeness (QED) is 0.697. The first-order chi connectivity index (χ1) is 12.9. The van der Waals surface area contributed by atoms with Crippen molar-refractivity contribution in [2.45, 2.75) is 34.3 Å². The first-order valence-corrected chi connectivity index (χ1v) is 8.58. The molecule has 0 aliphatic rings. The van der Waals surface area contributed by atoms with Gasteiger partial charge in [0.1, 0.15) is 23.9 Å². The van der Waals surface area contributed by atoms with Crippen molar-refractivity contribution >= 4 is 11.6 Å². The molecule has 1 amide bonds. The molecule has 0 spiro atoms.